The Morgan fingerprint density at radius 1 is 1.60 bits per heavy atom. The van der Waals surface area contributed by atoms with Crippen molar-refractivity contribution in [1.29, 1.82) is 0 Å². The SMILES string of the molecule is CC(F)C(F)(C(=O)O)c1cccc(N)c1. The first-order chi connectivity index (χ1) is 6.89. The number of halogens is 2. The number of anilines is 1. The van der Waals surface area contributed by atoms with Crippen LogP contribution in [-0.2, 0) is 10.5 Å². The van der Waals surface area contributed by atoms with Crippen molar-refractivity contribution in [3.63, 3.8) is 0 Å². The van der Waals surface area contributed by atoms with E-state index >= 15 is 0 Å². The van der Waals surface area contributed by atoms with Gasteiger partial charge in [0.25, 0.3) is 5.67 Å². The molecule has 0 saturated carbocycles. The smallest absolute Gasteiger partial charge is 0.349 e. The molecule has 2 atom stereocenters. The first kappa shape index (κ1) is 11.4. The topological polar surface area (TPSA) is 63.3 Å². The van der Waals surface area contributed by atoms with Crippen molar-refractivity contribution >= 4 is 11.7 Å². The predicted octanol–water partition coefficient (Wildman–Crippen LogP) is 1.88. The van der Waals surface area contributed by atoms with Crippen molar-refractivity contribution in [3.05, 3.63) is 29.8 Å². The average Bonchev–Trinajstić information content (AvgIpc) is 2.15. The molecule has 0 aliphatic heterocycles. The minimum atomic E-state index is -3.05. The van der Waals surface area contributed by atoms with Crippen LogP contribution in [0.15, 0.2) is 24.3 Å². The van der Waals surface area contributed by atoms with Gasteiger partial charge in [-0.15, -0.1) is 0 Å². The molecule has 1 aromatic carbocycles. The van der Waals surface area contributed by atoms with Gasteiger partial charge in [-0.25, -0.2) is 13.6 Å². The van der Waals surface area contributed by atoms with E-state index in [0.29, 0.717) is 0 Å². The summed E-state index contributed by atoms with van der Waals surface area (Å²) < 4.78 is 26.9. The van der Waals surface area contributed by atoms with Crippen LogP contribution in [-0.4, -0.2) is 17.2 Å². The summed E-state index contributed by atoms with van der Waals surface area (Å²) in [5, 5.41) is 8.69. The van der Waals surface area contributed by atoms with E-state index < -0.39 is 17.8 Å². The summed E-state index contributed by atoms with van der Waals surface area (Å²) in [5.74, 6) is -1.86. The first-order valence-electron chi connectivity index (χ1n) is 4.31. The molecule has 0 amide bonds. The summed E-state index contributed by atoms with van der Waals surface area (Å²) in [4.78, 5) is 10.7. The number of carboxylic acids is 1. The van der Waals surface area contributed by atoms with Crippen molar-refractivity contribution in [2.75, 3.05) is 5.73 Å². The second-order valence-electron chi connectivity index (χ2n) is 3.26. The quantitative estimate of drug-likeness (QED) is 0.756. The molecule has 1 rings (SSSR count). The molecule has 0 aromatic heterocycles. The Kier molecular flexibility index (Phi) is 2.93. The van der Waals surface area contributed by atoms with E-state index in [1.54, 1.807) is 0 Å². The molecule has 2 unspecified atom stereocenters. The Balaban J connectivity index is 3.28. The summed E-state index contributed by atoms with van der Waals surface area (Å²) in [6.45, 7) is 0.858. The van der Waals surface area contributed by atoms with Gasteiger partial charge in [0.2, 0.25) is 0 Å². The van der Waals surface area contributed by atoms with Crippen molar-refractivity contribution < 1.29 is 18.7 Å². The van der Waals surface area contributed by atoms with E-state index in [-0.39, 0.29) is 11.3 Å². The van der Waals surface area contributed by atoms with Crippen molar-refractivity contribution in [2.45, 2.75) is 18.8 Å². The lowest BCUT2D eigenvalue weighted by molar-refractivity contribution is -0.156. The molecular weight excluding hydrogens is 204 g/mol. The number of carboxylic acid groups (broad SMARTS) is 1. The molecule has 1 aromatic rings. The van der Waals surface area contributed by atoms with Crippen molar-refractivity contribution in [1.82, 2.24) is 0 Å². The lowest BCUT2D eigenvalue weighted by Gasteiger charge is -2.22. The van der Waals surface area contributed by atoms with Crippen LogP contribution in [0.2, 0.25) is 0 Å². The number of benzene rings is 1. The molecule has 82 valence electrons. The molecule has 0 fully saturated rings. The van der Waals surface area contributed by atoms with Gasteiger partial charge in [-0.2, -0.15) is 0 Å². The maximum atomic E-state index is 13.9. The Bertz CT molecular complexity index is 381. The number of nitrogen functional groups attached to an aromatic ring is 1. The van der Waals surface area contributed by atoms with Gasteiger partial charge in [-0.3, -0.25) is 0 Å². The molecule has 0 heterocycles. The van der Waals surface area contributed by atoms with Gasteiger partial charge in [-0.1, -0.05) is 12.1 Å². The normalized spacial score (nSPS) is 16.7. The fourth-order valence-electron chi connectivity index (χ4n) is 1.29. The monoisotopic (exact) mass is 215 g/mol. The molecule has 0 bridgehead atoms. The molecule has 0 aliphatic carbocycles. The van der Waals surface area contributed by atoms with E-state index in [4.69, 9.17) is 10.8 Å². The summed E-state index contributed by atoms with van der Waals surface area (Å²) in [6.07, 6.45) is -2.16. The van der Waals surface area contributed by atoms with E-state index in [1.165, 1.54) is 18.2 Å². The van der Waals surface area contributed by atoms with Crippen LogP contribution in [0.5, 0.6) is 0 Å². The lowest BCUT2D eigenvalue weighted by Crippen LogP contribution is -2.39. The summed E-state index contributed by atoms with van der Waals surface area (Å²) >= 11 is 0. The van der Waals surface area contributed by atoms with Gasteiger partial charge in [0.05, 0.1) is 0 Å². The zero-order valence-electron chi connectivity index (χ0n) is 8.08. The van der Waals surface area contributed by atoms with Gasteiger partial charge >= 0.3 is 5.97 Å². The average molecular weight is 215 g/mol. The molecule has 15 heavy (non-hydrogen) atoms. The fourth-order valence-corrected chi connectivity index (χ4v) is 1.29. The van der Waals surface area contributed by atoms with Crippen LogP contribution in [0.25, 0.3) is 0 Å². The number of alkyl halides is 2. The lowest BCUT2D eigenvalue weighted by atomic mass is 9.91. The molecule has 0 radical (unpaired) electrons. The van der Waals surface area contributed by atoms with Crippen LogP contribution >= 0.6 is 0 Å². The van der Waals surface area contributed by atoms with Gasteiger partial charge in [0.1, 0.15) is 6.17 Å². The number of aliphatic carboxylic acids is 1. The minimum Gasteiger partial charge on any atom is -0.479 e. The van der Waals surface area contributed by atoms with Gasteiger partial charge in [0, 0.05) is 11.3 Å². The highest BCUT2D eigenvalue weighted by Crippen LogP contribution is 2.33. The molecule has 5 heteroatoms. The maximum Gasteiger partial charge on any atom is 0.349 e. The zero-order chi connectivity index (χ0) is 11.6. The molecule has 0 aliphatic rings. The molecule has 3 N–H and O–H groups in total. The molecular formula is C10H11F2NO2. The van der Waals surface area contributed by atoms with E-state index in [2.05, 4.69) is 0 Å². The second kappa shape index (κ2) is 3.84. The van der Waals surface area contributed by atoms with Crippen LogP contribution in [0.4, 0.5) is 14.5 Å². The molecule has 0 saturated heterocycles. The first-order valence-corrected chi connectivity index (χ1v) is 4.31. The standard InChI is InChI=1S/C10H11F2NO2/c1-6(11)10(12,9(14)15)7-3-2-4-8(13)5-7/h2-6H,13H2,1H3,(H,14,15). The third-order valence-corrected chi connectivity index (χ3v) is 2.17. The van der Waals surface area contributed by atoms with Crippen LogP contribution < -0.4 is 5.73 Å². The largest absolute Gasteiger partial charge is 0.479 e. The van der Waals surface area contributed by atoms with Crippen molar-refractivity contribution in [3.8, 4) is 0 Å². The highest BCUT2D eigenvalue weighted by Gasteiger charge is 2.47. The fraction of sp³-hybridized carbons (Fsp3) is 0.300. The summed E-state index contributed by atoms with van der Waals surface area (Å²) in [6, 6.07) is 5.16. The number of hydrogen-bond acceptors (Lipinski definition) is 2. The number of carbonyl (C=O) groups is 1. The van der Waals surface area contributed by atoms with Gasteiger partial charge < -0.3 is 10.8 Å². The minimum absolute atomic E-state index is 0.191. The van der Waals surface area contributed by atoms with Crippen LogP contribution in [0.3, 0.4) is 0 Å². The Morgan fingerprint density at radius 3 is 2.60 bits per heavy atom. The summed E-state index contributed by atoms with van der Waals surface area (Å²) in [5.41, 5.74) is 2.23. The number of nitrogens with two attached hydrogens (primary N) is 1. The molecule has 0 spiro atoms. The maximum absolute atomic E-state index is 13.9. The van der Waals surface area contributed by atoms with E-state index in [0.717, 1.165) is 13.0 Å². The highest BCUT2D eigenvalue weighted by molar-refractivity contribution is 5.80. The summed E-state index contributed by atoms with van der Waals surface area (Å²) in [7, 11) is 0. The Labute approximate surface area is 85.5 Å². The predicted molar refractivity (Wildman–Crippen MR) is 51.8 cm³/mol. The number of hydrogen-bond donors (Lipinski definition) is 2. The van der Waals surface area contributed by atoms with Crippen LogP contribution in [0.1, 0.15) is 12.5 Å². The second-order valence-corrected chi connectivity index (χ2v) is 3.26. The Hall–Kier alpha value is -1.65. The van der Waals surface area contributed by atoms with Gasteiger partial charge in [-0.05, 0) is 19.1 Å². The van der Waals surface area contributed by atoms with E-state index in [1.807, 2.05) is 0 Å². The third-order valence-electron chi connectivity index (χ3n) is 2.17. The number of rotatable bonds is 3. The van der Waals surface area contributed by atoms with Gasteiger partial charge in [0.15, 0.2) is 0 Å². The molecule has 3 nitrogen and oxygen atoms in total. The highest BCUT2D eigenvalue weighted by atomic mass is 19.2. The third kappa shape index (κ3) is 1.91. The van der Waals surface area contributed by atoms with Crippen LogP contribution in [0, 0.1) is 0 Å². The Morgan fingerprint density at radius 2 is 2.20 bits per heavy atom. The zero-order valence-corrected chi connectivity index (χ0v) is 8.08. The van der Waals surface area contributed by atoms with Crippen molar-refractivity contribution in [2.24, 2.45) is 0 Å². The van der Waals surface area contributed by atoms with E-state index in [9.17, 15) is 13.6 Å².